The molecule has 1 heterocycles. The topological polar surface area (TPSA) is 89.3 Å². The van der Waals surface area contributed by atoms with Crippen molar-refractivity contribution in [3.05, 3.63) is 59.0 Å². The van der Waals surface area contributed by atoms with Gasteiger partial charge in [-0.25, -0.2) is 9.59 Å². The van der Waals surface area contributed by atoms with E-state index in [1.54, 1.807) is 46.2 Å². The zero-order chi connectivity index (χ0) is 24.0. The summed E-state index contributed by atoms with van der Waals surface area (Å²) in [6.45, 7) is 9.68. The van der Waals surface area contributed by atoms with Crippen molar-refractivity contribution in [1.29, 1.82) is 0 Å². The molecule has 0 fully saturated rings. The van der Waals surface area contributed by atoms with E-state index in [0.717, 1.165) is 0 Å². The molecule has 3 rings (SSSR count). The lowest BCUT2D eigenvalue weighted by Crippen LogP contribution is -2.33. The Kier molecular flexibility index (Phi) is 7.71. The number of nitrogens with zero attached hydrogens (tertiary/aromatic N) is 2. The molecule has 174 valence electrons. The maximum atomic E-state index is 13.0. The summed E-state index contributed by atoms with van der Waals surface area (Å²) in [4.78, 5) is 40.4. The van der Waals surface area contributed by atoms with E-state index in [0.29, 0.717) is 59.8 Å². The molecule has 8 nitrogen and oxygen atoms in total. The second kappa shape index (κ2) is 10.7. The predicted octanol–water partition coefficient (Wildman–Crippen LogP) is 5.14. The molecule has 0 N–H and O–H groups in total. The van der Waals surface area contributed by atoms with E-state index < -0.39 is 12.2 Å². The van der Waals surface area contributed by atoms with E-state index >= 15 is 0 Å². The number of rotatable bonds is 7. The van der Waals surface area contributed by atoms with Gasteiger partial charge in [0.05, 0.1) is 10.9 Å². The summed E-state index contributed by atoms with van der Waals surface area (Å²) < 4.78 is 16.4. The molecule has 2 amide bonds. The first kappa shape index (κ1) is 23.8. The third-order valence-electron chi connectivity index (χ3n) is 5.36. The Morgan fingerprint density at radius 2 is 1.30 bits per heavy atom. The van der Waals surface area contributed by atoms with Crippen molar-refractivity contribution in [2.75, 3.05) is 26.2 Å². The smallest absolute Gasteiger partial charge is 0.415 e. The third-order valence-corrected chi connectivity index (χ3v) is 5.36. The molecule has 1 aromatic heterocycles. The van der Waals surface area contributed by atoms with Crippen molar-refractivity contribution >= 4 is 23.2 Å². The Balaban J connectivity index is 1.82. The average molecular weight is 453 g/mol. The molecule has 0 saturated carbocycles. The second-order valence-corrected chi connectivity index (χ2v) is 7.24. The van der Waals surface area contributed by atoms with E-state index in [-0.39, 0.29) is 5.43 Å². The van der Waals surface area contributed by atoms with E-state index in [1.807, 2.05) is 27.7 Å². The van der Waals surface area contributed by atoms with E-state index in [9.17, 15) is 14.4 Å². The molecular weight excluding hydrogens is 424 g/mol. The standard InChI is InChI=1S/C25H28N2O6/c1-5-26(6-2)24(29)32-18-11-9-17(10-12-18)21-16-31-22-15-19(13-14-20(22)23(21)28)33-25(30)27(7-3)8-4/h9-16H,5-8H2,1-4H3. The molecule has 3 aromatic rings. The summed E-state index contributed by atoms with van der Waals surface area (Å²) in [6, 6.07) is 11.3. The molecule has 0 spiro atoms. The monoisotopic (exact) mass is 452 g/mol. The van der Waals surface area contributed by atoms with Crippen molar-refractivity contribution in [2.45, 2.75) is 27.7 Å². The lowest BCUT2D eigenvalue weighted by Gasteiger charge is -2.18. The molecule has 0 atom stereocenters. The number of benzene rings is 2. The Labute approximate surface area is 192 Å². The number of fused-ring (bicyclic) bond motifs is 1. The van der Waals surface area contributed by atoms with Crippen molar-refractivity contribution in [1.82, 2.24) is 9.80 Å². The van der Waals surface area contributed by atoms with Crippen LogP contribution in [-0.4, -0.2) is 48.2 Å². The minimum Gasteiger partial charge on any atom is -0.463 e. The Morgan fingerprint density at radius 1 is 0.788 bits per heavy atom. The van der Waals surface area contributed by atoms with Crippen LogP contribution in [0.2, 0.25) is 0 Å². The van der Waals surface area contributed by atoms with Crippen LogP contribution in [0.1, 0.15) is 27.7 Å². The quantitative estimate of drug-likeness (QED) is 0.493. The number of ether oxygens (including phenoxy) is 2. The second-order valence-electron chi connectivity index (χ2n) is 7.24. The van der Waals surface area contributed by atoms with Crippen LogP contribution in [0.4, 0.5) is 9.59 Å². The summed E-state index contributed by atoms with van der Waals surface area (Å²) in [5.74, 6) is 0.690. The lowest BCUT2D eigenvalue weighted by atomic mass is 10.1. The van der Waals surface area contributed by atoms with Gasteiger partial charge in [0, 0.05) is 32.2 Å². The van der Waals surface area contributed by atoms with Crippen LogP contribution in [0.5, 0.6) is 11.5 Å². The van der Waals surface area contributed by atoms with Crippen LogP contribution in [-0.2, 0) is 0 Å². The minimum atomic E-state index is -0.458. The van der Waals surface area contributed by atoms with Crippen LogP contribution >= 0.6 is 0 Å². The Morgan fingerprint density at radius 3 is 1.85 bits per heavy atom. The minimum absolute atomic E-state index is 0.217. The summed E-state index contributed by atoms with van der Waals surface area (Å²) in [6.07, 6.45) is 0.493. The van der Waals surface area contributed by atoms with Gasteiger partial charge in [-0.2, -0.15) is 0 Å². The van der Waals surface area contributed by atoms with Gasteiger partial charge in [0.1, 0.15) is 23.3 Å². The van der Waals surface area contributed by atoms with Crippen LogP contribution in [0.3, 0.4) is 0 Å². The van der Waals surface area contributed by atoms with Crippen molar-refractivity contribution in [3.8, 4) is 22.6 Å². The van der Waals surface area contributed by atoms with Crippen LogP contribution in [0, 0.1) is 0 Å². The van der Waals surface area contributed by atoms with Gasteiger partial charge in [0.15, 0.2) is 5.43 Å². The molecule has 0 radical (unpaired) electrons. The molecule has 0 saturated heterocycles. The van der Waals surface area contributed by atoms with Gasteiger partial charge in [-0.05, 0) is 57.5 Å². The summed E-state index contributed by atoms with van der Waals surface area (Å²) in [5.41, 5.74) is 1.10. The first-order valence-electron chi connectivity index (χ1n) is 11.0. The summed E-state index contributed by atoms with van der Waals surface area (Å²) in [7, 11) is 0. The molecule has 2 aromatic carbocycles. The highest BCUT2D eigenvalue weighted by atomic mass is 16.6. The molecule has 0 aliphatic rings. The van der Waals surface area contributed by atoms with E-state index in [1.165, 1.54) is 12.3 Å². The van der Waals surface area contributed by atoms with Gasteiger partial charge in [-0.15, -0.1) is 0 Å². The number of hydrogen-bond acceptors (Lipinski definition) is 6. The van der Waals surface area contributed by atoms with Gasteiger partial charge < -0.3 is 23.7 Å². The Hall–Kier alpha value is -3.81. The van der Waals surface area contributed by atoms with E-state index in [4.69, 9.17) is 13.9 Å². The van der Waals surface area contributed by atoms with Gasteiger partial charge in [-0.1, -0.05) is 12.1 Å². The number of carbonyl (C=O) groups is 2. The van der Waals surface area contributed by atoms with Crippen molar-refractivity contribution < 1.29 is 23.5 Å². The summed E-state index contributed by atoms with van der Waals surface area (Å²) >= 11 is 0. The molecule has 0 aliphatic heterocycles. The molecular formula is C25H28N2O6. The first-order chi connectivity index (χ1) is 15.9. The summed E-state index contributed by atoms with van der Waals surface area (Å²) in [5, 5.41) is 0.368. The molecule has 8 heteroatoms. The van der Waals surface area contributed by atoms with Crippen molar-refractivity contribution in [3.63, 3.8) is 0 Å². The van der Waals surface area contributed by atoms with Gasteiger partial charge in [-0.3, -0.25) is 4.79 Å². The van der Waals surface area contributed by atoms with Gasteiger partial charge >= 0.3 is 12.2 Å². The van der Waals surface area contributed by atoms with Gasteiger partial charge in [0.25, 0.3) is 0 Å². The molecule has 0 unspecified atom stereocenters. The Bertz CT molecular complexity index is 1180. The van der Waals surface area contributed by atoms with Crippen LogP contribution in [0.15, 0.2) is 57.9 Å². The van der Waals surface area contributed by atoms with Gasteiger partial charge in [0.2, 0.25) is 0 Å². The lowest BCUT2D eigenvalue weighted by molar-refractivity contribution is 0.156. The fourth-order valence-electron chi connectivity index (χ4n) is 3.37. The predicted molar refractivity (Wildman–Crippen MR) is 126 cm³/mol. The number of amides is 2. The average Bonchev–Trinajstić information content (AvgIpc) is 2.81. The number of carbonyl (C=O) groups excluding carboxylic acids is 2. The third kappa shape index (κ3) is 5.34. The fourth-order valence-corrected chi connectivity index (χ4v) is 3.37. The normalized spacial score (nSPS) is 10.7. The van der Waals surface area contributed by atoms with Crippen molar-refractivity contribution in [2.24, 2.45) is 0 Å². The first-order valence-corrected chi connectivity index (χ1v) is 11.0. The maximum absolute atomic E-state index is 13.0. The molecule has 0 bridgehead atoms. The fraction of sp³-hybridized carbons (Fsp3) is 0.320. The molecule has 33 heavy (non-hydrogen) atoms. The van der Waals surface area contributed by atoms with Crippen LogP contribution in [0.25, 0.3) is 22.1 Å². The SMILES string of the molecule is CCN(CC)C(=O)Oc1ccc(-c2coc3cc(OC(=O)N(CC)CC)ccc3c2=O)cc1. The largest absolute Gasteiger partial charge is 0.463 e. The highest BCUT2D eigenvalue weighted by molar-refractivity contribution is 5.83. The zero-order valence-electron chi connectivity index (χ0n) is 19.3. The highest BCUT2D eigenvalue weighted by Crippen LogP contribution is 2.25. The molecule has 0 aliphatic carbocycles. The maximum Gasteiger partial charge on any atom is 0.415 e. The van der Waals surface area contributed by atoms with Crippen LogP contribution < -0.4 is 14.9 Å². The van der Waals surface area contributed by atoms with E-state index in [2.05, 4.69) is 0 Å². The highest BCUT2D eigenvalue weighted by Gasteiger charge is 2.15. The zero-order valence-corrected chi connectivity index (χ0v) is 19.3. The number of hydrogen-bond donors (Lipinski definition) is 0.